The van der Waals surface area contributed by atoms with Gasteiger partial charge in [0.2, 0.25) is 0 Å². The topological polar surface area (TPSA) is 68.2 Å². The lowest BCUT2D eigenvalue weighted by atomic mass is 10.0. The molecule has 1 aromatic heterocycles. The van der Waals surface area contributed by atoms with E-state index in [-0.39, 0.29) is 21.7 Å². The van der Waals surface area contributed by atoms with Gasteiger partial charge in [0.15, 0.2) is 9.84 Å². The first-order valence-corrected chi connectivity index (χ1v) is 10.3. The van der Waals surface area contributed by atoms with E-state index < -0.39 is 27.5 Å². The first-order chi connectivity index (χ1) is 13.5. The van der Waals surface area contributed by atoms with Crippen LogP contribution in [-0.4, -0.2) is 25.1 Å². The molecule has 0 saturated heterocycles. The molecule has 1 N–H and O–H groups in total. The SMILES string of the molecule is Cn1cc(C(=O)Nc2ccc(S(C)(=O)=O)cc2)cc1-c1ccccc1C(F)(F)F. The van der Waals surface area contributed by atoms with Crippen molar-refractivity contribution in [3.63, 3.8) is 0 Å². The zero-order chi connectivity index (χ0) is 21.4. The standard InChI is InChI=1S/C20H17F3N2O3S/c1-25-12-13(11-18(25)16-5-3-4-6-17(16)20(21,22)23)19(26)24-14-7-9-15(10-8-14)29(2,27)28/h3-12H,1-2H3,(H,24,26). The average molecular weight is 422 g/mol. The van der Waals surface area contributed by atoms with Crippen molar-refractivity contribution in [1.29, 1.82) is 0 Å². The number of carbonyl (C=O) groups is 1. The fourth-order valence-corrected chi connectivity index (χ4v) is 3.53. The van der Waals surface area contributed by atoms with Crippen LogP contribution in [-0.2, 0) is 23.1 Å². The van der Waals surface area contributed by atoms with Crippen molar-refractivity contribution in [3.8, 4) is 11.3 Å². The van der Waals surface area contributed by atoms with Crippen molar-refractivity contribution < 1.29 is 26.4 Å². The number of nitrogens with zero attached hydrogens (tertiary/aromatic N) is 1. The molecule has 152 valence electrons. The number of rotatable bonds is 4. The molecule has 0 spiro atoms. The van der Waals surface area contributed by atoms with Crippen LogP contribution in [0.3, 0.4) is 0 Å². The minimum atomic E-state index is -4.52. The molecule has 0 aliphatic carbocycles. The monoisotopic (exact) mass is 422 g/mol. The minimum Gasteiger partial charge on any atom is -0.350 e. The number of aromatic nitrogens is 1. The summed E-state index contributed by atoms with van der Waals surface area (Å²) in [6.07, 6.45) is -2.02. The Kier molecular flexibility index (Phi) is 5.27. The van der Waals surface area contributed by atoms with Gasteiger partial charge in [-0.05, 0) is 36.4 Å². The Morgan fingerprint density at radius 1 is 1.03 bits per heavy atom. The predicted octanol–water partition coefficient (Wildman–Crippen LogP) is 4.37. The lowest BCUT2D eigenvalue weighted by Gasteiger charge is -2.13. The lowest BCUT2D eigenvalue weighted by molar-refractivity contribution is -0.137. The highest BCUT2D eigenvalue weighted by Crippen LogP contribution is 2.37. The molecule has 5 nitrogen and oxygen atoms in total. The van der Waals surface area contributed by atoms with Crippen molar-refractivity contribution in [3.05, 3.63) is 71.9 Å². The molecule has 9 heteroatoms. The van der Waals surface area contributed by atoms with Crippen molar-refractivity contribution in [1.82, 2.24) is 4.57 Å². The second kappa shape index (κ2) is 7.40. The molecule has 2 aromatic carbocycles. The average Bonchev–Trinajstić information content (AvgIpc) is 3.02. The van der Waals surface area contributed by atoms with E-state index in [1.165, 1.54) is 59.3 Å². The highest BCUT2D eigenvalue weighted by molar-refractivity contribution is 7.90. The molecule has 0 unspecified atom stereocenters. The zero-order valence-corrected chi connectivity index (χ0v) is 16.3. The first kappa shape index (κ1) is 20.7. The maximum absolute atomic E-state index is 13.3. The van der Waals surface area contributed by atoms with Crippen LogP contribution in [0, 0.1) is 0 Å². The van der Waals surface area contributed by atoms with Crippen LogP contribution < -0.4 is 5.32 Å². The van der Waals surface area contributed by atoms with E-state index in [4.69, 9.17) is 0 Å². The molecule has 0 bridgehead atoms. The van der Waals surface area contributed by atoms with E-state index in [1.807, 2.05) is 0 Å². The molecule has 0 fully saturated rings. The van der Waals surface area contributed by atoms with Gasteiger partial charge < -0.3 is 9.88 Å². The summed E-state index contributed by atoms with van der Waals surface area (Å²) in [5.74, 6) is -0.525. The largest absolute Gasteiger partial charge is 0.417 e. The smallest absolute Gasteiger partial charge is 0.350 e. The summed E-state index contributed by atoms with van der Waals surface area (Å²) >= 11 is 0. The number of nitrogens with one attached hydrogen (secondary N) is 1. The number of hydrogen-bond acceptors (Lipinski definition) is 3. The molecule has 0 atom stereocenters. The number of hydrogen-bond donors (Lipinski definition) is 1. The summed E-state index contributed by atoms with van der Waals surface area (Å²) in [6.45, 7) is 0. The number of anilines is 1. The zero-order valence-electron chi connectivity index (χ0n) is 15.5. The van der Waals surface area contributed by atoms with E-state index >= 15 is 0 Å². The summed E-state index contributed by atoms with van der Waals surface area (Å²) in [5.41, 5.74) is -0.0331. The summed E-state index contributed by atoms with van der Waals surface area (Å²) in [7, 11) is -1.80. The van der Waals surface area contributed by atoms with Crippen LogP contribution in [0.4, 0.5) is 18.9 Å². The number of sulfone groups is 1. The molecule has 29 heavy (non-hydrogen) atoms. The maximum atomic E-state index is 13.3. The molecule has 1 amide bonds. The van der Waals surface area contributed by atoms with Crippen molar-refractivity contribution in [2.45, 2.75) is 11.1 Å². The van der Waals surface area contributed by atoms with Gasteiger partial charge in [0.05, 0.1) is 16.0 Å². The van der Waals surface area contributed by atoms with Crippen LogP contribution in [0.1, 0.15) is 15.9 Å². The van der Waals surface area contributed by atoms with Crippen molar-refractivity contribution in [2.24, 2.45) is 7.05 Å². The van der Waals surface area contributed by atoms with Crippen molar-refractivity contribution >= 4 is 21.4 Å². The summed E-state index contributed by atoms with van der Waals surface area (Å²) in [4.78, 5) is 12.6. The molecule has 3 rings (SSSR count). The molecule has 0 aliphatic heterocycles. The summed E-state index contributed by atoms with van der Waals surface area (Å²) in [6, 6.07) is 12.1. The Hall–Kier alpha value is -3.07. The number of aryl methyl sites for hydroxylation is 1. The number of benzene rings is 2. The molecule has 0 radical (unpaired) electrons. The Labute approximate surface area is 165 Å². The molecular weight excluding hydrogens is 405 g/mol. The van der Waals surface area contributed by atoms with Gasteiger partial charge in [0.25, 0.3) is 5.91 Å². The molecule has 0 saturated carbocycles. The third-order valence-electron chi connectivity index (χ3n) is 4.32. The normalized spacial score (nSPS) is 12.0. The van der Waals surface area contributed by atoms with Gasteiger partial charge in [-0.15, -0.1) is 0 Å². The number of alkyl halides is 3. The first-order valence-electron chi connectivity index (χ1n) is 8.41. The van der Waals surface area contributed by atoms with Crippen molar-refractivity contribution in [2.75, 3.05) is 11.6 Å². The maximum Gasteiger partial charge on any atom is 0.417 e. The third kappa shape index (κ3) is 4.51. The second-order valence-corrected chi connectivity index (χ2v) is 8.53. The van der Waals surface area contributed by atoms with Gasteiger partial charge in [0, 0.05) is 36.4 Å². The Morgan fingerprint density at radius 3 is 2.24 bits per heavy atom. The number of carbonyl (C=O) groups excluding carboxylic acids is 1. The van der Waals surface area contributed by atoms with Crippen LogP contribution >= 0.6 is 0 Å². The van der Waals surface area contributed by atoms with Crippen LogP contribution in [0.2, 0.25) is 0 Å². The molecule has 3 aromatic rings. The van der Waals surface area contributed by atoms with E-state index in [0.29, 0.717) is 5.69 Å². The van der Waals surface area contributed by atoms with E-state index in [9.17, 15) is 26.4 Å². The highest BCUT2D eigenvalue weighted by atomic mass is 32.2. The predicted molar refractivity (Wildman–Crippen MR) is 103 cm³/mol. The van der Waals surface area contributed by atoms with E-state index in [1.54, 1.807) is 7.05 Å². The fourth-order valence-electron chi connectivity index (χ4n) is 2.90. The Bertz CT molecular complexity index is 1160. The van der Waals surface area contributed by atoms with Gasteiger partial charge in [-0.3, -0.25) is 4.79 Å². The van der Waals surface area contributed by atoms with Gasteiger partial charge in [0.1, 0.15) is 0 Å². The third-order valence-corrected chi connectivity index (χ3v) is 5.44. The number of halogens is 3. The Balaban J connectivity index is 1.89. The van der Waals surface area contributed by atoms with Gasteiger partial charge in [-0.2, -0.15) is 13.2 Å². The van der Waals surface area contributed by atoms with Crippen LogP contribution in [0.5, 0.6) is 0 Å². The lowest BCUT2D eigenvalue weighted by Crippen LogP contribution is -2.11. The van der Waals surface area contributed by atoms with Crippen LogP contribution in [0.25, 0.3) is 11.3 Å². The molecule has 0 aliphatic rings. The molecule has 1 heterocycles. The van der Waals surface area contributed by atoms with Gasteiger partial charge >= 0.3 is 6.18 Å². The Morgan fingerprint density at radius 2 is 1.66 bits per heavy atom. The minimum absolute atomic E-state index is 0.0287. The van der Waals surface area contributed by atoms with Crippen LogP contribution in [0.15, 0.2) is 65.7 Å². The van der Waals surface area contributed by atoms with E-state index in [0.717, 1.165) is 12.3 Å². The molecular formula is C20H17F3N2O3S. The fraction of sp³-hybridized carbons (Fsp3) is 0.150. The van der Waals surface area contributed by atoms with E-state index in [2.05, 4.69) is 5.32 Å². The van der Waals surface area contributed by atoms with Gasteiger partial charge in [-0.1, -0.05) is 18.2 Å². The highest BCUT2D eigenvalue weighted by Gasteiger charge is 2.34. The quantitative estimate of drug-likeness (QED) is 0.679. The second-order valence-electron chi connectivity index (χ2n) is 6.52. The van der Waals surface area contributed by atoms with Gasteiger partial charge in [-0.25, -0.2) is 8.42 Å². The summed E-state index contributed by atoms with van der Waals surface area (Å²) in [5, 5.41) is 2.60. The summed E-state index contributed by atoms with van der Waals surface area (Å²) < 4.78 is 64.3. The number of amides is 1.